The molecular weight excluding hydrogens is 348 g/mol. The largest absolute Gasteiger partial charge is 0.349 e. The van der Waals surface area contributed by atoms with E-state index < -0.39 is 0 Å². The summed E-state index contributed by atoms with van der Waals surface area (Å²) in [4.78, 5) is 12.5. The van der Waals surface area contributed by atoms with Crippen LogP contribution in [-0.4, -0.2) is 28.0 Å². The summed E-state index contributed by atoms with van der Waals surface area (Å²) >= 11 is 5.38. The molecule has 1 aromatic rings. The Morgan fingerprint density at radius 2 is 2.10 bits per heavy atom. The molecule has 1 aromatic heterocycles. The topological polar surface area (TPSA) is 34.0 Å². The minimum absolute atomic E-state index is 0.0356. The molecule has 1 aliphatic rings. The molecule has 3 nitrogen and oxygen atoms in total. The third kappa shape index (κ3) is 4.07. The first-order valence-corrected chi connectivity index (χ1v) is 9.70. The molecule has 0 saturated heterocycles. The fourth-order valence-corrected chi connectivity index (χ4v) is 4.39. The van der Waals surface area contributed by atoms with Crippen molar-refractivity contribution in [3.8, 4) is 0 Å². The minimum Gasteiger partial charge on any atom is -0.349 e. The second-order valence-electron chi connectivity index (χ2n) is 6.18. The molecule has 1 amide bonds. The van der Waals surface area contributed by atoms with Gasteiger partial charge < -0.3 is 9.88 Å². The average molecular weight is 373 g/mol. The molecule has 2 rings (SSSR count). The van der Waals surface area contributed by atoms with Crippen molar-refractivity contribution in [3.05, 3.63) is 22.4 Å². The van der Waals surface area contributed by atoms with Gasteiger partial charge in [-0.1, -0.05) is 19.3 Å². The van der Waals surface area contributed by atoms with Gasteiger partial charge in [0.05, 0.1) is 0 Å². The van der Waals surface area contributed by atoms with Gasteiger partial charge in [-0.3, -0.25) is 4.79 Å². The molecule has 1 aliphatic carbocycles. The first kappa shape index (κ1) is 16.9. The number of carbonyl (C=O) groups excluding carboxylic acids is 1. The number of thioether (sulfide) groups is 1. The SMILES string of the molecule is CSC1(CNC(=O)c2cc(Br)cn2C(C)C)CCCCC1. The molecule has 21 heavy (non-hydrogen) atoms. The quantitative estimate of drug-likeness (QED) is 0.817. The van der Waals surface area contributed by atoms with Crippen LogP contribution in [0.25, 0.3) is 0 Å². The van der Waals surface area contributed by atoms with Crippen LogP contribution in [0.5, 0.6) is 0 Å². The predicted octanol–water partition coefficient (Wildman–Crippen LogP) is 4.63. The standard InChI is InChI=1S/C16H25BrN2OS/c1-12(2)19-10-13(17)9-14(19)15(20)18-11-16(21-3)7-5-4-6-8-16/h9-10,12H,4-8,11H2,1-3H3,(H,18,20). The van der Waals surface area contributed by atoms with E-state index in [1.54, 1.807) is 0 Å². The van der Waals surface area contributed by atoms with Gasteiger partial charge in [-0.05, 0) is 54.9 Å². The highest BCUT2D eigenvalue weighted by atomic mass is 79.9. The van der Waals surface area contributed by atoms with E-state index in [1.165, 1.54) is 32.1 Å². The summed E-state index contributed by atoms with van der Waals surface area (Å²) in [5.41, 5.74) is 0.740. The van der Waals surface area contributed by atoms with E-state index in [0.717, 1.165) is 16.7 Å². The zero-order valence-corrected chi connectivity index (χ0v) is 15.5. The first-order valence-electron chi connectivity index (χ1n) is 7.68. The molecule has 0 atom stereocenters. The Morgan fingerprint density at radius 3 is 2.67 bits per heavy atom. The molecule has 0 aliphatic heterocycles. The van der Waals surface area contributed by atoms with Crippen molar-refractivity contribution in [2.45, 2.75) is 56.7 Å². The van der Waals surface area contributed by atoms with Crippen molar-refractivity contribution in [3.63, 3.8) is 0 Å². The summed E-state index contributed by atoms with van der Waals surface area (Å²) in [5, 5.41) is 3.17. The molecule has 0 unspecified atom stereocenters. The second-order valence-corrected chi connectivity index (χ2v) is 8.37. The zero-order valence-electron chi connectivity index (χ0n) is 13.1. The minimum atomic E-state index is 0.0356. The number of aromatic nitrogens is 1. The molecule has 0 aromatic carbocycles. The molecule has 1 N–H and O–H groups in total. The lowest BCUT2D eigenvalue weighted by Gasteiger charge is -2.35. The molecule has 0 bridgehead atoms. The highest BCUT2D eigenvalue weighted by Gasteiger charge is 2.31. The van der Waals surface area contributed by atoms with Crippen molar-refractivity contribution in [1.29, 1.82) is 0 Å². The summed E-state index contributed by atoms with van der Waals surface area (Å²) < 4.78 is 3.21. The number of nitrogens with one attached hydrogen (secondary N) is 1. The third-order valence-electron chi connectivity index (χ3n) is 4.37. The van der Waals surface area contributed by atoms with Crippen LogP contribution in [0.4, 0.5) is 0 Å². The van der Waals surface area contributed by atoms with E-state index in [1.807, 2.05) is 28.6 Å². The van der Waals surface area contributed by atoms with E-state index >= 15 is 0 Å². The Hall–Kier alpha value is -0.420. The van der Waals surface area contributed by atoms with Gasteiger partial charge in [-0.15, -0.1) is 0 Å². The van der Waals surface area contributed by atoms with E-state index in [9.17, 15) is 4.79 Å². The van der Waals surface area contributed by atoms with Crippen LogP contribution in [-0.2, 0) is 0 Å². The van der Waals surface area contributed by atoms with Gasteiger partial charge >= 0.3 is 0 Å². The average Bonchev–Trinajstić information content (AvgIpc) is 2.88. The molecular formula is C16H25BrN2OS. The maximum absolute atomic E-state index is 12.5. The zero-order chi connectivity index (χ0) is 15.5. The Balaban J connectivity index is 2.04. The van der Waals surface area contributed by atoms with Crippen LogP contribution in [0.3, 0.4) is 0 Å². The first-order chi connectivity index (χ1) is 9.97. The number of rotatable bonds is 5. The lowest BCUT2D eigenvalue weighted by Crippen LogP contribution is -2.42. The monoisotopic (exact) mass is 372 g/mol. The smallest absolute Gasteiger partial charge is 0.268 e. The normalized spacial score (nSPS) is 18.0. The Kier molecular flexibility index (Phi) is 5.83. The van der Waals surface area contributed by atoms with Gasteiger partial charge in [-0.2, -0.15) is 11.8 Å². The van der Waals surface area contributed by atoms with Crippen molar-refractivity contribution in [2.24, 2.45) is 0 Å². The van der Waals surface area contributed by atoms with Crippen LogP contribution in [0.15, 0.2) is 16.7 Å². The van der Waals surface area contributed by atoms with Gasteiger partial charge in [0, 0.05) is 28.0 Å². The van der Waals surface area contributed by atoms with Crippen molar-refractivity contribution in [1.82, 2.24) is 9.88 Å². The van der Waals surface area contributed by atoms with Gasteiger partial charge in [0.15, 0.2) is 0 Å². The van der Waals surface area contributed by atoms with Gasteiger partial charge in [-0.25, -0.2) is 0 Å². The molecule has 1 fully saturated rings. The molecule has 5 heteroatoms. The Bertz CT molecular complexity index is 492. The molecule has 118 valence electrons. The number of nitrogens with zero attached hydrogens (tertiary/aromatic N) is 1. The predicted molar refractivity (Wildman–Crippen MR) is 94.2 cm³/mol. The third-order valence-corrected chi connectivity index (χ3v) is 6.23. The fraction of sp³-hybridized carbons (Fsp3) is 0.688. The molecule has 0 spiro atoms. The van der Waals surface area contributed by atoms with Crippen LogP contribution in [0.2, 0.25) is 0 Å². The van der Waals surface area contributed by atoms with Crippen molar-refractivity contribution >= 4 is 33.6 Å². The summed E-state index contributed by atoms with van der Waals surface area (Å²) in [6.07, 6.45) is 10.5. The van der Waals surface area contributed by atoms with E-state index in [-0.39, 0.29) is 16.7 Å². The van der Waals surface area contributed by atoms with Crippen molar-refractivity contribution in [2.75, 3.05) is 12.8 Å². The van der Waals surface area contributed by atoms with E-state index in [0.29, 0.717) is 0 Å². The van der Waals surface area contributed by atoms with Crippen molar-refractivity contribution < 1.29 is 4.79 Å². The number of halogens is 1. The Morgan fingerprint density at radius 1 is 1.43 bits per heavy atom. The Labute approximate surface area is 140 Å². The maximum Gasteiger partial charge on any atom is 0.268 e. The van der Waals surface area contributed by atoms with Gasteiger partial charge in [0.2, 0.25) is 0 Å². The summed E-state index contributed by atoms with van der Waals surface area (Å²) in [6, 6.07) is 2.18. The maximum atomic E-state index is 12.5. The fourth-order valence-electron chi connectivity index (χ4n) is 3.04. The second kappa shape index (κ2) is 7.23. The van der Waals surface area contributed by atoms with Gasteiger partial charge in [0.1, 0.15) is 5.69 Å². The highest BCUT2D eigenvalue weighted by molar-refractivity contribution is 9.10. The van der Waals surface area contributed by atoms with Gasteiger partial charge in [0.25, 0.3) is 5.91 Å². The summed E-state index contributed by atoms with van der Waals surface area (Å²) in [5.74, 6) is 0.0356. The number of hydrogen-bond acceptors (Lipinski definition) is 2. The lowest BCUT2D eigenvalue weighted by atomic mass is 9.88. The number of carbonyl (C=O) groups is 1. The number of amides is 1. The highest BCUT2D eigenvalue weighted by Crippen LogP contribution is 2.38. The van der Waals surface area contributed by atoms with Crippen LogP contribution < -0.4 is 5.32 Å². The summed E-state index contributed by atoms with van der Waals surface area (Å²) in [7, 11) is 0. The summed E-state index contributed by atoms with van der Waals surface area (Å²) in [6.45, 7) is 4.95. The molecule has 0 radical (unpaired) electrons. The van der Waals surface area contributed by atoms with E-state index in [2.05, 4.69) is 41.3 Å². The molecule has 1 heterocycles. The van der Waals surface area contributed by atoms with E-state index in [4.69, 9.17) is 0 Å². The number of hydrogen-bond donors (Lipinski definition) is 1. The van der Waals surface area contributed by atoms with Crippen LogP contribution >= 0.6 is 27.7 Å². The molecule has 1 saturated carbocycles. The van der Waals surface area contributed by atoms with Crippen LogP contribution in [0.1, 0.15) is 62.5 Å². The van der Waals surface area contributed by atoms with Crippen LogP contribution in [0, 0.1) is 0 Å². The lowest BCUT2D eigenvalue weighted by molar-refractivity contribution is 0.0936.